The highest BCUT2D eigenvalue weighted by Gasteiger charge is 2.18. The number of nitrogens with one attached hydrogen (secondary N) is 1. The van der Waals surface area contributed by atoms with Gasteiger partial charge in [-0.25, -0.2) is 4.68 Å². The Morgan fingerprint density at radius 1 is 1.12 bits per heavy atom. The Bertz CT molecular complexity index is 1260. The van der Waals surface area contributed by atoms with Crippen LogP contribution in [0.3, 0.4) is 0 Å². The number of nitrogens with zero attached hydrogens (tertiary/aromatic N) is 3. The summed E-state index contributed by atoms with van der Waals surface area (Å²) in [7, 11) is 0. The summed E-state index contributed by atoms with van der Waals surface area (Å²) in [6, 6.07) is 9.27. The quantitative estimate of drug-likeness (QED) is 0.439. The average molecular weight is 350 g/mol. The predicted octanol–water partition coefficient (Wildman–Crippen LogP) is 2.50. The standard InChI is InChI=1S/C17H10N4O5/c22-17-12-7-18-13-6-15-14(25-8-26-15)5-11(13)16(12)19-20(17)9-1-3-10(4-2-9)21(23)24/h1-7,19H,8H2. The van der Waals surface area contributed by atoms with Crippen LogP contribution in [0.1, 0.15) is 0 Å². The second kappa shape index (κ2) is 5.06. The Hall–Kier alpha value is -3.88. The van der Waals surface area contributed by atoms with Gasteiger partial charge in [-0.15, -0.1) is 0 Å². The Kier molecular flexibility index (Phi) is 2.81. The van der Waals surface area contributed by atoms with E-state index in [2.05, 4.69) is 10.1 Å². The van der Waals surface area contributed by atoms with Crippen LogP contribution >= 0.6 is 0 Å². The lowest BCUT2D eigenvalue weighted by Gasteiger charge is -2.02. The molecule has 0 aliphatic carbocycles. The van der Waals surface area contributed by atoms with Gasteiger partial charge in [0.15, 0.2) is 11.5 Å². The van der Waals surface area contributed by atoms with E-state index < -0.39 is 4.92 Å². The molecule has 2 aromatic heterocycles. The van der Waals surface area contributed by atoms with Crippen LogP contribution in [0.25, 0.3) is 27.5 Å². The van der Waals surface area contributed by atoms with Gasteiger partial charge in [-0.05, 0) is 18.2 Å². The van der Waals surface area contributed by atoms with Crippen LogP contribution in [0, 0.1) is 10.1 Å². The molecule has 5 rings (SSSR count). The van der Waals surface area contributed by atoms with Crippen molar-refractivity contribution in [3.05, 3.63) is 63.1 Å². The van der Waals surface area contributed by atoms with Gasteiger partial charge in [0, 0.05) is 29.8 Å². The molecule has 0 saturated carbocycles. The summed E-state index contributed by atoms with van der Waals surface area (Å²) in [5.74, 6) is 1.21. The lowest BCUT2D eigenvalue weighted by Crippen LogP contribution is -2.14. The van der Waals surface area contributed by atoms with E-state index in [1.165, 1.54) is 35.1 Å². The maximum atomic E-state index is 12.7. The average Bonchev–Trinajstić information content (AvgIpc) is 3.24. The molecule has 9 nitrogen and oxygen atoms in total. The van der Waals surface area contributed by atoms with Crippen molar-refractivity contribution in [2.45, 2.75) is 0 Å². The van der Waals surface area contributed by atoms with Crippen molar-refractivity contribution in [1.29, 1.82) is 0 Å². The molecule has 0 radical (unpaired) electrons. The molecule has 0 spiro atoms. The number of H-pyrrole nitrogens is 1. The SMILES string of the molecule is O=c1c2cnc3cc4c(cc3c2[nH]n1-c1ccc([N+](=O)[O-])cc1)OCO4. The lowest BCUT2D eigenvalue weighted by atomic mass is 10.1. The first-order valence-electron chi connectivity index (χ1n) is 7.70. The Labute approximate surface area is 144 Å². The van der Waals surface area contributed by atoms with Crippen molar-refractivity contribution >= 4 is 27.5 Å². The van der Waals surface area contributed by atoms with Crippen molar-refractivity contribution in [3.8, 4) is 17.2 Å². The fraction of sp³-hybridized carbons (Fsp3) is 0.0588. The maximum absolute atomic E-state index is 12.7. The molecular weight excluding hydrogens is 340 g/mol. The summed E-state index contributed by atoms with van der Waals surface area (Å²) in [6.07, 6.45) is 1.50. The van der Waals surface area contributed by atoms with Gasteiger partial charge in [-0.3, -0.25) is 25.0 Å². The zero-order valence-electron chi connectivity index (χ0n) is 13.1. The molecule has 9 heteroatoms. The molecule has 2 aromatic carbocycles. The van der Waals surface area contributed by atoms with E-state index >= 15 is 0 Å². The topological polar surface area (TPSA) is 112 Å². The highest BCUT2D eigenvalue weighted by Crippen LogP contribution is 2.37. The molecule has 26 heavy (non-hydrogen) atoms. The van der Waals surface area contributed by atoms with E-state index in [-0.39, 0.29) is 18.0 Å². The van der Waals surface area contributed by atoms with Crippen molar-refractivity contribution in [3.63, 3.8) is 0 Å². The van der Waals surface area contributed by atoms with E-state index in [1.807, 2.05) is 0 Å². The molecule has 0 atom stereocenters. The first-order chi connectivity index (χ1) is 12.6. The largest absolute Gasteiger partial charge is 0.454 e. The first kappa shape index (κ1) is 14.5. The molecule has 128 valence electrons. The number of pyridine rings is 1. The number of nitro groups is 1. The molecule has 1 N–H and O–H groups in total. The van der Waals surface area contributed by atoms with Crippen LogP contribution in [-0.2, 0) is 0 Å². The van der Waals surface area contributed by atoms with E-state index in [4.69, 9.17) is 9.47 Å². The van der Waals surface area contributed by atoms with Crippen molar-refractivity contribution in [1.82, 2.24) is 14.8 Å². The summed E-state index contributed by atoms with van der Waals surface area (Å²) in [5.41, 5.74) is 1.43. The molecule has 0 bridgehead atoms. The van der Waals surface area contributed by atoms with Gasteiger partial charge in [-0.2, -0.15) is 0 Å². The van der Waals surface area contributed by atoms with E-state index in [0.29, 0.717) is 33.6 Å². The van der Waals surface area contributed by atoms with Crippen molar-refractivity contribution in [2.24, 2.45) is 0 Å². The molecule has 0 amide bonds. The Morgan fingerprint density at radius 3 is 2.58 bits per heavy atom. The monoisotopic (exact) mass is 350 g/mol. The number of non-ortho nitro benzene ring substituents is 1. The summed E-state index contributed by atoms with van der Waals surface area (Å²) in [5, 5.41) is 15.0. The maximum Gasteiger partial charge on any atom is 0.280 e. The zero-order chi connectivity index (χ0) is 17.8. The molecular formula is C17H10N4O5. The number of hydrogen-bond acceptors (Lipinski definition) is 6. The van der Waals surface area contributed by atoms with Crippen molar-refractivity contribution < 1.29 is 14.4 Å². The summed E-state index contributed by atoms with van der Waals surface area (Å²) in [4.78, 5) is 27.4. The number of rotatable bonds is 2. The van der Waals surface area contributed by atoms with Crippen LogP contribution in [0.2, 0.25) is 0 Å². The second-order valence-electron chi connectivity index (χ2n) is 5.80. The van der Waals surface area contributed by atoms with Crippen LogP contribution in [0.15, 0.2) is 47.4 Å². The van der Waals surface area contributed by atoms with E-state index in [1.54, 1.807) is 12.1 Å². The highest BCUT2D eigenvalue weighted by molar-refractivity contribution is 6.04. The molecule has 1 aliphatic heterocycles. The highest BCUT2D eigenvalue weighted by atomic mass is 16.7. The van der Waals surface area contributed by atoms with Gasteiger partial charge in [0.2, 0.25) is 6.79 Å². The number of aromatic nitrogens is 3. The van der Waals surface area contributed by atoms with Crippen LogP contribution in [0.5, 0.6) is 11.5 Å². The number of fused-ring (bicyclic) bond motifs is 4. The van der Waals surface area contributed by atoms with Gasteiger partial charge >= 0.3 is 0 Å². The molecule has 0 fully saturated rings. The van der Waals surface area contributed by atoms with Gasteiger partial charge in [0.05, 0.1) is 27.0 Å². The summed E-state index contributed by atoms with van der Waals surface area (Å²) >= 11 is 0. The molecule has 0 unspecified atom stereocenters. The van der Waals surface area contributed by atoms with Crippen molar-refractivity contribution in [2.75, 3.05) is 6.79 Å². The van der Waals surface area contributed by atoms with E-state index in [0.717, 1.165) is 5.39 Å². The summed E-state index contributed by atoms with van der Waals surface area (Å²) in [6.45, 7) is 0.148. The third kappa shape index (κ3) is 1.97. The van der Waals surface area contributed by atoms with Gasteiger partial charge in [0.25, 0.3) is 11.2 Å². The second-order valence-corrected chi connectivity index (χ2v) is 5.80. The number of ether oxygens (including phenoxy) is 2. The Balaban J connectivity index is 1.74. The number of benzene rings is 2. The first-order valence-corrected chi connectivity index (χ1v) is 7.70. The minimum Gasteiger partial charge on any atom is -0.454 e. The van der Waals surface area contributed by atoms with Gasteiger partial charge in [0.1, 0.15) is 0 Å². The molecule has 4 aromatic rings. The van der Waals surface area contributed by atoms with Gasteiger partial charge in [-0.1, -0.05) is 0 Å². The Morgan fingerprint density at radius 2 is 1.85 bits per heavy atom. The predicted molar refractivity (Wildman–Crippen MR) is 92.0 cm³/mol. The summed E-state index contributed by atoms with van der Waals surface area (Å²) < 4.78 is 12.1. The smallest absolute Gasteiger partial charge is 0.280 e. The minimum absolute atomic E-state index is 0.0438. The molecule has 1 aliphatic rings. The minimum atomic E-state index is -0.488. The van der Waals surface area contributed by atoms with E-state index in [9.17, 15) is 14.9 Å². The third-order valence-electron chi connectivity index (χ3n) is 4.34. The number of aromatic amines is 1. The fourth-order valence-electron chi connectivity index (χ4n) is 3.05. The lowest BCUT2D eigenvalue weighted by molar-refractivity contribution is -0.384. The zero-order valence-corrected chi connectivity index (χ0v) is 13.1. The molecule has 3 heterocycles. The number of hydrogen-bond donors (Lipinski definition) is 1. The molecule has 0 saturated heterocycles. The van der Waals surface area contributed by atoms with Crippen LogP contribution < -0.4 is 15.0 Å². The van der Waals surface area contributed by atoms with Crippen LogP contribution in [0.4, 0.5) is 5.69 Å². The van der Waals surface area contributed by atoms with Gasteiger partial charge < -0.3 is 9.47 Å². The normalized spacial score (nSPS) is 12.8. The third-order valence-corrected chi connectivity index (χ3v) is 4.34. The fourth-order valence-corrected chi connectivity index (χ4v) is 3.05. The number of nitro benzene ring substituents is 1. The van der Waals surface area contributed by atoms with Crippen LogP contribution in [-0.4, -0.2) is 26.5 Å².